The smallest absolute Gasteiger partial charge is 0.266 e. The van der Waals surface area contributed by atoms with Crippen molar-refractivity contribution < 1.29 is 18.7 Å². The predicted molar refractivity (Wildman–Crippen MR) is 135 cm³/mol. The molecule has 1 saturated heterocycles. The third-order valence-electron chi connectivity index (χ3n) is 5.13. The molecule has 3 aromatic rings. The van der Waals surface area contributed by atoms with Gasteiger partial charge < -0.3 is 9.47 Å². The summed E-state index contributed by atoms with van der Waals surface area (Å²) in [5.74, 6) is 0.747. The quantitative estimate of drug-likeness (QED) is 0.369. The molecule has 4 rings (SSSR count). The summed E-state index contributed by atoms with van der Waals surface area (Å²) in [6, 6.07) is 21.2. The number of amidine groups is 1. The van der Waals surface area contributed by atoms with Crippen molar-refractivity contribution in [3.05, 3.63) is 94.6 Å². The molecule has 1 heterocycles. The number of ether oxygens (including phenoxy) is 2. The van der Waals surface area contributed by atoms with Crippen LogP contribution in [0.1, 0.15) is 25.0 Å². The van der Waals surface area contributed by atoms with Crippen molar-refractivity contribution in [2.75, 3.05) is 7.11 Å². The van der Waals surface area contributed by atoms with Gasteiger partial charge >= 0.3 is 0 Å². The molecule has 174 valence electrons. The Bertz CT molecular complexity index is 1220. The van der Waals surface area contributed by atoms with Gasteiger partial charge in [0.2, 0.25) is 0 Å². The zero-order chi connectivity index (χ0) is 24.1. The lowest BCUT2D eigenvalue weighted by Crippen LogP contribution is -2.35. The van der Waals surface area contributed by atoms with Gasteiger partial charge in [0.25, 0.3) is 5.91 Å². The molecule has 5 nitrogen and oxygen atoms in total. The summed E-state index contributed by atoms with van der Waals surface area (Å²) >= 11 is 1.36. The average molecular weight is 477 g/mol. The molecule has 0 N–H and O–H groups in total. The highest BCUT2D eigenvalue weighted by Crippen LogP contribution is 2.37. The minimum atomic E-state index is -0.286. The normalized spacial score (nSPS) is 16.0. The maximum absolute atomic E-state index is 13.1. The third kappa shape index (κ3) is 5.48. The zero-order valence-electron chi connectivity index (χ0n) is 19.2. The Balaban J connectivity index is 1.56. The number of carbonyl (C=O) groups is 1. The molecule has 0 bridgehead atoms. The van der Waals surface area contributed by atoms with E-state index in [9.17, 15) is 9.18 Å². The Kier molecular flexibility index (Phi) is 7.33. The average Bonchev–Trinajstić information content (AvgIpc) is 3.14. The lowest BCUT2D eigenvalue weighted by Gasteiger charge is -2.19. The van der Waals surface area contributed by atoms with Crippen LogP contribution in [0.4, 0.5) is 10.1 Å². The van der Waals surface area contributed by atoms with E-state index in [0.29, 0.717) is 21.6 Å². The first-order valence-electron chi connectivity index (χ1n) is 10.9. The first-order valence-corrected chi connectivity index (χ1v) is 11.7. The van der Waals surface area contributed by atoms with Gasteiger partial charge in [-0.2, -0.15) is 0 Å². The van der Waals surface area contributed by atoms with E-state index in [-0.39, 0.29) is 24.4 Å². The molecule has 1 aliphatic rings. The molecule has 0 radical (unpaired) electrons. The van der Waals surface area contributed by atoms with Crippen molar-refractivity contribution in [2.45, 2.75) is 26.5 Å². The number of para-hydroxylation sites is 1. The standard InChI is InChI=1S/C27H25FN2O3S/c1-18(2)30-26(31)25(34-27(30)29-22-7-5-4-6-8-22)16-20-11-14-23(24(15-20)32-3)33-17-19-9-12-21(28)13-10-19/h4-16,18H,17H2,1-3H3/b25-16+,29-27?. The van der Waals surface area contributed by atoms with E-state index in [1.165, 1.54) is 23.9 Å². The maximum Gasteiger partial charge on any atom is 0.266 e. The highest BCUT2D eigenvalue weighted by Gasteiger charge is 2.35. The van der Waals surface area contributed by atoms with Crippen molar-refractivity contribution >= 4 is 34.6 Å². The molecule has 0 atom stereocenters. The number of hydrogen-bond donors (Lipinski definition) is 0. The van der Waals surface area contributed by atoms with E-state index >= 15 is 0 Å². The number of hydrogen-bond acceptors (Lipinski definition) is 5. The van der Waals surface area contributed by atoms with E-state index in [4.69, 9.17) is 9.47 Å². The molecule has 0 unspecified atom stereocenters. The lowest BCUT2D eigenvalue weighted by atomic mass is 10.1. The fraction of sp³-hybridized carbons (Fsp3) is 0.185. The van der Waals surface area contributed by atoms with Crippen LogP contribution in [0, 0.1) is 5.82 Å². The van der Waals surface area contributed by atoms with Gasteiger partial charge in [-0.3, -0.25) is 9.69 Å². The fourth-order valence-corrected chi connectivity index (χ4v) is 4.54. The third-order valence-corrected chi connectivity index (χ3v) is 6.11. The van der Waals surface area contributed by atoms with Gasteiger partial charge in [0.1, 0.15) is 12.4 Å². The molecule has 1 amide bonds. The summed E-state index contributed by atoms with van der Waals surface area (Å²) in [6.45, 7) is 4.23. The topological polar surface area (TPSA) is 51.1 Å². The highest BCUT2D eigenvalue weighted by molar-refractivity contribution is 8.18. The van der Waals surface area contributed by atoms with Crippen LogP contribution < -0.4 is 9.47 Å². The minimum Gasteiger partial charge on any atom is -0.493 e. The van der Waals surface area contributed by atoms with Crippen LogP contribution >= 0.6 is 11.8 Å². The number of benzene rings is 3. The Morgan fingerprint density at radius 3 is 2.44 bits per heavy atom. The predicted octanol–water partition coefficient (Wildman–Crippen LogP) is 6.43. The van der Waals surface area contributed by atoms with Crippen LogP contribution in [0.15, 0.2) is 82.7 Å². The number of thioether (sulfide) groups is 1. The molecule has 0 spiro atoms. The van der Waals surface area contributed by atoms with Crippen LogP contribution in [0.2, 0.25) is 0 Å². The van der Waals surface area contributed by atoms with Gasteiger partial charge in [0.15, 0.2) is 16.7 Å². The van der Waals surface area contributed by atoms with E-state index in [1.807, 2.05) is 62.4 Å². The summed E-state index contributed by atoms with van der Waals surface area (Å²) < 4.78 is 24.5. The monoisotopic (exact) mass is 476 g/mol. The van der Waals surface area contributed by atoms with E-state index in [1.54, 1.807) is 30.2 Å². The Labute approximate surface area is 202 Å². The molecule has 3 aromatic carbocycles. The lowest BCUT2D eigenvalue weighted by molar-refractivity contribution is -0.123. The van der Waals surface area contributed by atoms with Crippen LogP contribution in [-0.4, -0.2) is 29.1 Å². The second kappa shape index (κ2) is 10.6. The van der Waals surface area contributed by atoms with Gasteiger partial charge in [-0.25, -0.2) is 9.38 Å². The maximum atomic E-state index is 13.1. The summed E-state index contributed by atoms with van der Waals surface area (Å²) in [5, 5.41) is 0.656. The molecule has 0 saturated carbocycles. The van der Waals surface area contributed by atoms with E-state index in [0.717, 1.165) is 16.8 Å². The molecule has 0 aliphatic carbocycles. The van der Waals surface area contributed by atoms with Gasteiger partial charge in [0, 0.05) is 6.04 Å². The molecule has 1 aliphatic heterocycles. The zero-order valence-corrected chi connectivity index (χ0v) is 20.0. The Morgan fingerprint density at radius 2 is 1.76 bits per heavy atom. The van der Waals surface area contributed by atoms with Crippen molar-refractivity contribution in [1.82, 2.24) is 4.90 Å². The van der Waals surface area contributed by atoms with Gasteiger partial charge in [-0.1, -0.05) is 36.4 Å². The summed E-state index contributed by atoms with van der Waals surface area (Å²) in [4.78, 5) is 20.1. The van der Waals surface area contributed by atoms with Crippen LogP contribution in [0.5, 0.6) is 11.5 Å². The van der Waals surface area contributed by atoms with E-state index < -0.39 is 0 Å². The van der Waals surface area contributed by atoms with E-state index in [2.05, 4.69) is 4.99 Å². The SMILES string of the molecule is COc1cc(/C=C2/SC(=Nc3ccccc3)N(C(C)C)C2=O)ccc1OCc1ccc(F)cc1. The molecule has 34 heavy (non-hydrogen) atoms. The number of aliphatic imine (C=N–C) groups is 1. The fourth-order valence-electron chi connectivity index (χ4n) is 3.42. The number of carbonyl (C=O) groups excluding carboxylic acids is 1. The van der Waals surface area contributed by atoms with Crippen molar-refractivity contribution in [2.24, 2.45) is 4.99 Å². The number of methoxy groups -OCH3 is 1. The molecule has 7 heteroatoms. The second-order valence-corrected chi connectivity index (χ2v) is 8.94. The first kappa shape index (κ1) is 23.6. The van der Waals surface area contributed by atoms with Crippen LogP contribution in [0.3, 0.4) is 0 Å². The van der Waals surface area contributed by atoms with Crippen molar-refractivity contribution in [1.29, 1.82) is 0 Å². The van der Waals surface area contributed by atoms with Gasteiger partial charge in [-0.15, -0.1) is 0 Å². The van der Waals surface area contributed by atoms with Crippen molar-refractivity contribution in [3.63, 3.8) is 0 Å². The molecular weight excluding hydrogens is 451 g/mol. The van der Waals surface area contributed by atoms with Gasteiger partial charge in [0.05, 0.1) is 17.7 Å². The number of amides is 1. The largest absolute Gasteiger partial charge is 0.493 e. The Hall–Kier alpha value is -3.58. The summed E-state index contributed by atoms with van der Waals surface area (Å²) in [6.07, 6.45) is 1.84. The number of halogens is 1. The Morgan fingerprint density at radius 1 is 1.03 bits per heavy atom. The molecular formula is C27H25FN2O3S. The number of rotatable bonds is 7. The van der Waals surface area contributed by atoms with Gasteiger partial charge in [-0.05, 0) is 79.2 Å². The number of nitrogens with zero attached hydrogens (tertiary/aromatic N) is 2. The highest BCUT2D eigenvalue weighted by atomic mass is 32.2. The van der Waals surface area contributed by atoms with Crippen LogP contribution in [-0.2, 0) is 11.4 Å². The molecule has 1 fully saturated rings. The summed E-state index contributed by atoms with van der Waals surface area (Å²) in [5.41, 5.74) is 2.46. The molecule has 0 aromatic heterocycles. The minimum absolute atomic E-state index is 0.0230. The first-order chi connectivity index (χ1) is 16.4. The van der Waals surface area contributed by atoms with Crippen LogP contribution in [0.25, 0.3) is 6.08 Å². The second-order valence-electron chi connectivity index (χ2n) is 7.93. The summed E-state index contributed by atoms with van der Waals surface area (Å²) in [7, 11) is 1.57. The van der Waals surface area contributed by atoms with Crippen molar-refractivity contribution in [3.8, 4) is 11.5 Å².